The molecule has 0 aromatic carbocycles. The average molecular weight is 142 g/mol. The van der Waals surface area contributed by atoms with Gasteiger partial charge in [0.25, 0.3) is 0 Å². The summed E-state index contributed by atoms with van der Waals surface area (Å²) in [5.74, 6) is 0. The molecule has 0 bridgehead atoms. The fourth-order valence-electron chi connectivity index (χ4n) is 0.787. The van der Waals surface area contributed by atoms with Crippen molar-refractivity contribution in [1.29, 1.82) is 0 Å². The van der Waals surface area contributed by atoms with Gasteiger partial charge in [0.15, 0.2) is 0 Å². The van der Waals surface area contributed by atoms with Crippen LogP contribution in [-0.4, -0.2) is 18.2 Å². The van der Waals surface area contributed by atoms with Crippen LogP contribution in [-0.2, 0) is 9.59 Å². The predicted octanol–water partition coefficient (Wildman–Crippen LogP) is 0.401. The number of hydrogen-bond donors (Lipinski definition) is 1. The van der Waals surface area contributed by atoms with Crippen molar-refractivity contribution in [2.75, 3.05) is 0 Å². The van der Waals surface area contributed by atoms with Crippen LogP contribution >= 0.6 is 0 Å². The second-order valence-electron chi connectivity index (χ2n) is 2.51. The van der Waals surface area contributed by atoms with Crippen LogP contribution in [0.15, 0.2) is 0 Å². The maximum Gasteiger partial charge on any atom is 0.665 e. The van der Waals surface area contributed by atoms with Gasteiger partial charge < -0.3 is 4.79 Å². The molecule has 0 fully saturated rings. The SMILES string of the molecule is CCC[C@@](C)(C=O)N[C+]=O. The Morgan fingerprint density at radius 2 is 2.30 bits per heavy atom. The molecule has 0 aliphatic heterocycles. The lowest BCUT2D eigenvalue weighted by Crippen LogP contribution is -2.42. The zero-order chi connectivity index (χ0) is 8.04. The van der Waals surface area contributed by atoms with Gasteiger partial charge in [-0.15, -0.1) is 5.32 Å². The van der Waals surface area contributed by atoms with Crippen LogP contribution in [0.3, 0.4) is 0 Å². The van der Waals surface area contributed by atoms with Crippen LogP contribution < -0.4 is 5.32 Å². The largest absolute Gasteiger partial charge is 0.665 e. The summed E-state index contributed by atoms with van der Waals surface area (Å²) in [7, 11) is 0. The van der Waals surface area contributed by atoms with Gasteiger partial charge in [-0.3, -0.25) is 0 Å². The topological polar surface area (TPSA) is 46.2 Å². The summed E-state index contributed by atoms with van der Waals surface area (Å²) >= 11 is 0. The molecule has 0 aliphatic rings. The molecule has 0 rings (SSSR count). The highest BCUT2D eigenvalue weighted by Gasteiger charge is 2.27. The molecule has 1 N–H and O–H groups in total. The van der Waals surface area contributed by atoms with E-state index >= 15 is 0 Å². The molecule has 0 radical (unpaired) electrons. The highest BCUT2D eigenvalue weighted by Crippen LogP contribution is 2.06. The van der Waals surface area contributed by atoms with Crippen LogP contribution in [0.4, 0.5) is 0 Å². The standard InChI is InChI=1S/C7H12NO2/c1-3-4-7(2,5-9)8-6-10/h5H,3-4H2,1-2H3,(H,8,10)/q+1/t7-/m0/s1. The zero-order valence-electron chi connectivity index (χ0n) is 6.31. The number of carbonyl (C=O) groups is 1. The molecule has 3 nitrogen and oxygen atoms in total. The average Bonchev–Trinajstić information content (AvgIpc) is 1.89. The van der Waals surface area contributed by atoms with E-state index in [0.29, 0.717) is 6.42 Å². The summed E-state index contributed by atoms with van der Waals surface area (Å²) in [6, 6.07) is 0. The van der Waals surface area contributed by atoms with Gasteiger partial charge in [-0.1, -0.05) is 13.3 Å². The first-order chi connectivity index (χ1) is 4.68. The first-order valence-electron chi connectivity index (χ1n) is 3.29. The number of aldehydes is 1. The summed E-state index contributed by atoms with van der Waals surface area (Å²) in [5.41, 5.74) is -0.712. The van der Waals surface area contributed by atoms with Crippen LogP contribution in [0, 0.1) is 0 Å². The molecule has 10 heavy (non-hydrogen) atoms. The van der Waals surface area contributed by atoms with Crippen molar-refractivity contribution in [3.63, 3.8) is 0 Å². The third-order valence-electron chi connectivity index (χ3n) is 1.37. The zero-order valence-corrected chi connectivity index (χ0v) is 6.31. The van der Waals surface area contributed by atoms with Gasteiger partial charge in [0.2, 0.25) is 0 Å². The highest BCUT2D eigenvalue weighted by molar-refractivity contribution is 5.68. The van der Waals surface area contributed by atoms with E-state index < -0.39 is 5.54 Å². The van der Waals surface area contributed by atoms with E-state index in [4.69, 9.17) is 0 Å². The van der Waals surface area contributed by atoms with Crippen molar-refractivity contribution >= 4 is 12.7 Å². The molecule has 56 valence electrons. The Morgan fingerprint density at radius 3 is 2.60 bits per heavy atom. The van der Waals surface area contributed by atoms with E-state index in [1.54, 1.807) is 6.92 Å². The summed E-state index contributed by atoms with van der Waals surface area (Å²) in [5, 5.41) is 2.34. The first-order valence-corrected chi connectivity index (χ1v) is 3.29. The Hall–Kier alpha value is -0.950. The summed E-state index contributed by atoms with van der Waals surface area (Å²) < 4.78 is 0. The number of nitrogens with one attached hydrogen (secondary N) is 1. The molecule has 0 aromatic rings. The fraction of sp³-hybridized carbons (Fsp3) is 0.714. The lowest BCUT2D eigenvalue weighted by Gasteiger charge is -2.13. The minimum atomic E-state index is -0.712. The Kier molecular flexibility index (Phi) is 3.59. The van der Waals surface area contributed by atoms with Crippen molar-refractivity contribution < 1.29 is 9.59 Å². The molecule has 0 aromatic heterocycles. The normalized spacial score (nSPS) is 15.0. The lowest BCUT2D eigenvalue weighted by molar-refractivity contribution is -0.112. The Balaban J connectivity index is 3.92. The van der Waals surface area contributed by atoms with Gasteiger partial charge in [-0.2, -0.15) is 0 Å². The third-order valence-corrected chi connectivity index (χ3v) is 1.37. The van der Waals surface area contributed by atoms with Crippen LogP contribution in [0.25, 0.3) is 0 Å². The van der Waals surface area contributed by atoms with Crippen LogP contribution in [0.2, 0.25) is 0 Å². The van der Waals surface area contributed by atoms with Crippen molar-refractivity contribution in [1.82, 2.24) is 5.32 Å². The van der Waals surface area contributed by atoms with Crippen LogP contribution in [0.5, 0.6) is 0 Å². The maximum absolute atomic E-state index is 10.4. The van der Waals surface area contributed by atoms with E-state index in [1.165, 1.54) is 6.41 Å². The smallest absolute Gasteiger partial charge is 0.301 e. The summed E-state index contributed by atoms with van der Waals surface area (Å²) in [4.78, 5) is 20.2. The molecule has 0 spiro atoms. The molecular weight excluding hydrogens is 130 g/mol. The van der Waals surface area contributed by atoms with Crippen molar-refractivity contribution in [2.45, 2.75) is 32.2 Å². The van der Waals surface area contributed by atoms with Gasteiger partial charge in [0.1, 0.15) is 11.8 Å². The Labute approximate surface area is 60.8 Å². The Bertz CT molecular complexity index is 125. The molecule has 0 saturated carbocycles. The van der Waals surface area contributed by atoms with E-state index in [9.17, 15) is 9.59 Å². The van der Waals surface area contributed by atoms with Crippen molar-refractivity contribution in [2.24, 2.45) is 0 Å². The molecule has 0 heterocycles. The number of amides is 1. The monoisotopic (exact) mass is 142 g/mol. The Morgan fingerprint density at radius 1 is 1.70 bits per heavy atom. The minimum absolute atomic E-state index is 0.658. The second kappa shape index (κ2) is 3.96. The first kappa shape index (κ1) is 9.05. The summed E-state index contributed by atoms with van der Waals surface area (Å²) in [6.07, 6.45) is 3.77. The van der Waals surface area contributed by atoms with Gasteiger partial charge in [-0.25, -0.2) is 0 Å². The second-order valence-corrected chi connectivity index (χ2v) is 2.51. The number of rotatable bonds is 5. The third kappa shape index (κ3) is 2.55. The lowest BCUT2D eigenvalue weighted by atomic mass is 9.99. The van der Waals surface area contributed by atoms with E-state index in [-0.39, 0.29) is 0 Å². The van der Waals surface area contributed by atoms with Crippen LogP contribution in [0.1, 0.15) is 26.7 Å². The molecular formula is C7H12NO2+. The molecule has 0 aliphatic carbocycles. The van der Waals surface area contributed by atoms with E-state index in [1.807, 2.05) is 6.92 Å². The van der Waals surface area contributed by atoms with Gasteiger partial charge in [-0.05, 0) is 13.3 Å². The van der Waals surface area contributed by atoms with Crippen molar-refractivity contribution in [3.8, 4) is 0 Å². The van der Waals surface area contributed by atoms with E-state index in [0.717, 1.165) is 12.7 Å². The molecule has 0 unspecified atom stereocenters. The van der Waals surface area contributed by atoms with Gasteiger partial charge in [0, 0.05) is 0 Å². The summed E-state index contributed by atoms with van der Waals surface area (Å²) in [6.45, 7) is 3.63. The molecule has 0 saturated heterocycles. The van der Waals surface area contributed by atoms with Gasteiger partial charge >= 0.3 is 6.41 Å². The minimum Gasteiger partial charge on any atom is -0.301 e. The predicted molar refractivity (Wildman–Crippen MR) is 38.2 cm³/mol. The molecule has 1 atom stereocenters. The molecule has 1 amide bonds. The van der Waals surface area contributed by atoms with Gasteiger partial charge in [0.05, 0.1) is 4.79 Å². The van der Waals surface area contributed by atoms with E-state index in [2.05, 4.69) is 5.32 Å². The maximum atomic E-state index is 10.4. The highest BCUT2D eigenvalue weighted by atomic mass is 16.1. The number of hydrogen-bond acceptors (Lipinski definition) is 2. The molecule has 3 heteroatoms. The van der Waals surface area contributed by atoms with Crippen molar-refractivity contribution in [3.05, 3.63) is 0 Å². The quantitative estimate of drug-likeness (QED) is 0.343. The number of carbonyl (C=O) groups excluding carboxylic acids is 2. The fourth-order valence-corrected chi connectivity index (χ4v) is 0.787.